The largest absolute Gasteiger partial charge is 0.352 e. The van der Waals surface area contributed by atoms with Crippen LogP contribution in [0.5, 0.6) is 0 Å². The fourth-order valence-electron chi connectivity index (χ4n) is 2.89. The maximum absolute atomic E-state index is 12.3. The molecule has 1 unspecified atom stereocenters. The van der Waals surface area contributed by atoms with Crippen LogP contribution in [0.15, 0.2) is 53.4 Å². The van der Waals surface area contributed by atoms with Gasteiger partial charge in [-0.1, -0.05) is 23.7 Å². The van der Waals surface area contributed by atoms with Gasteiger partial charge in [-0.05, 0) is 73.8 Å². The summed E-state index contributed by atoms with van der Waals surface area (Å²) in [5.74, 6) is 1.44. The topological polar surface area (TPSA) is 41.1 Å². The number of carbonyl (C=O) groups excluding carboxylic acids is 1. The zero-order valence-corrected chi connectivity index (χ0v) is 15.7. The van der Waals surface area contributed by atoms with Crippen LogP contribution in [0.2, 0.25) is 5.02 Å². The van der Waals surface area contributed by atoms with E-state index in [0.717, 1.165) is 36.0 Å². The molecule has 0 aromatic heterocycles. The van der Waals surface area contributed by atoms with Crippen LogP contribution >= 0.6 is 23.4 Å². The summed E-state index contributed by atoms with van der Waals surface area (Å²) in [6, 6.07) is 15.7. The first-order chi connectivity index (χ1) is 12.2. The molecule has 3 rings (SSSR count). The highest BCUT2D eigenvalue weighted by molar-refractivity contribution is 7.98. The normalized spacial score (nSPS) is 17.2. The van der Waals surface area contributed by atoms with Crippen molar-refractivity contribution in [3.8, 4) is 0 Å². The molecule has 1 fully saturated rings. The minimum atomic E-state index is 0.0162. The van der Waals surface area contributed by atoms with Crippen molar-refractivity contribution < 1.29 is 4.79 Å². The van der Waals surface area contributed by atoms with Gasteiger partial charge in [0, 0.05) is 27.8 Å². The van der Waals surface area contributed by atoms with Crippen LogP contribution in [-0.2, 0) is 5.75 Å². The maximum atomic E-state index is 12.3. The predicted molar refractivity (Wildman–Crippen MR) is 105 cm³/mol. The zero-order chi connectivity index (χ0) is 17.5. The highest BCUT2D eigenvalue weighted by atomic mass is 35.5. The van der Waals surface area contributed by atoms with Gasteiger partial charge in [-0.15, -0.1) is 11.8 Å². The van der Waals surface area contributed by atoms with E-state index in [-0.39, 0.29) is 5.91 Å². The van der Waals surface area contributed by atoms with E-state index in [0.29, 0.717) is 5.92 Å². The monoisotopic (exact) mass is 374 g/mol. The Labute approximate surface area is 158 Å². The number of piperidine rings is 1. The van der Waals surface area contributed by atoms with E-state index in [9.17, 15) is 4.79 Å². The van der Waals surface area contributed by atoms with Gasteiger partial charge < -0.3 is 10.6 Å². The molecule has 1 heterocycles. The Hall–Kier alpha value is -1.49. The first-order valence-corrected chi connectivity index (χ1v) is 10.0. The lowest BCUT2D eigenvalue weighted by Crippen LogP contribution is -2.38. The second-order valence-corrected chi connectivity index (χ2v) is 7.85. The van der Waals surface area contributed by atoms with Gasteiger partial charge in [0.1, 0.15) is 0 Å². The molecular weight excluding hydrogens is 352 g/mol. The minimum absolute atomic E-state index is 0.0162. The van der Waals surface area contributed by atoms with Crippen LogP contribution in [0.4, 0.5) is 0 Å². The van der Waals surface area contributed by atoms with Crippen molar-refractivity contribution in [2.75, 3.05) is 19.6 Å². The number of nitrogens with one attached hydrogen (secondary N) is 2. The number of halogens is 1. The lowest BCUT2D eigenvalue weighted by molar-refractivity contribution is 0.0945. The van der Waals surface area contributed by atoms with Crippen LogP contribution in [-0.4, -0.2) is 25.5 Å². The van der Waals surface area contributed by atoms with E-state index in [1.54, 1.807) is 11.8 Å². The number of hydrogen-bond acceptors (Lipinski definition) is 3. The Balaban J connectivity index is 1.47. The van der Waals surface area contributed by atoms with Crippen molar-refractivity contribution in [3.05, 3.63) is 64.7 Å². The Kier molecular flexibility index (Phi) is 6.79. The summed E-state index contributed by atoms with van der Waals surface area (Å²) in [5.41, 5.74) is 1.93. The number of rotatable bonds is 6. The SMILES string of the molecule is O=C(NCC1CCCNC1)c1ccc(CSc2ccc(Cl)cc2)cc1. The number of hydrogen-bond donors (Lipinski definition) is 2. The van der Waals surface area contributed by atoms with Crippen LogP contribution in [0.3, 0.4) is 0 Å². The Morgan fingerprint density at radius 3 is 2.60 bits per heavy atom. The third kappa shape index (κ3) is 5.77. The molecule has 132 valence electrons. The first-order valence-electron chi connectivity index (χ1n) is 8.67. The van der Waals surface area contributed by atoms with E-state index < -0.39 is 0 Å². The summed E-state index contributed by atoms with van der Waals surface area (Å²) in [6.45, 7) is 2.85. The summed E-state index contributed by atoms with van der Waals surface area (Å²) in [4.78, 5) is 13.4. The highest BCUT2D eigenvalue weighted by Crippen LogP contribution is 2.24. The Morgan fingerprint density at radius 2 is 1.92 bits per heavy atom. The summed E-state index contributed by atoms with van der Waals surface area (Å²) in [6.07, 6.45) is 2.38. The molecule has 0 bridgehead atoms. The number of amides is 1. The average molecular weight is 375 g/mol. The highest BCUT2D eigenvalue weighted by Gasteiger charge is 2.14. The van der Waals surface area contributed by atoms with Gasteiger partial charge in [0.25, 0.3) is 5.91 Å². The zero-order valence-electron chi connectivity index (χ0n) is 14.1. The van der Waals surface area contributed by atoms with Gasteiger partial charge in [0.15, 0.2) is 0 Å². The van der Waals surface area contributed by atoms with Gasteiger partial charge >= 0.3 is 0 Å². The molecule has 5 heteroatoms. The molecule has 1 aliphatic heterocycles. The second kappa shape index (κ2) is 9.27. The van der Waals surface area contributed by atoms with E-state index in [2.05, 4.69) is 10.6 Å². The predicted octanol–water partition coefficient (Wildman–Crippen LogP) is 4.36. The summed E-state index contributed by atoms with van der Waals surface area (Å²) in [7, 11) is 0. The van der Waals surface area contributed by atoms with Crippen molar-refractivity contribution in [2.45, 2.75) is 23.5 Å². The average Bonchev–Trinajstić information content (AvgIpc) is 2.67. The van der Waals surface area contributed by atoms with Gasteiger partial charge in [-0.25, -0.2) is 0 Å². The molecule has 2 aromatic rings. The molecule has 1 aliphatic rings. The molecular formula is C20H23ClN2OS. The lowest BCUT2D eigenvalue weighted by atomic mass is 9.99. The van der Waals surface area contributed by atoms with E-state index in [4.69, 9.17) is 11.6 Å². The summed E-state index contributed by atoms with van der Waals surface area (Å²) < 4.78 is 0. The molecule has 1 amide bonds. The first kappa shape index (κ1) is 18.3. The van der Waals surface area contributed by atoms with E-state index in [1.807, 2.05) is 48.5 Å². The van der Waals surface area contributed by atoms with Crippen LogP contribution in [0.25, 0.3) is 0 Å². The van der Waals surface area contributed by atoms with Gasteiger partial charge in [0.2, 0.25) is 0 Å². The molecule has 0 radical (unpaired) electrons. The van der Waals surface area contributed by atoms with Crippen molar-refractivity contribution in [1.29, 1.82) is 0 Å². The quantitative estimate of drug-likeness (QED) is 0.738. The molecule has 25 heavy (non-hydrogen) atoms. The van der Waals surface area contributed by atoms with Crippen molar-refractivity contribution in [3.63, 3.8) is 0 Å². The van der Waals surface area contributed by atoms with Crippen LogP contribution in [0.1, 0.15) is 28.8 Å². The fraction of sp³-hybridized carbons (Fsp3) is 0.350. The lowest BCUT2D eigenvalue weighted by Gasteiger charge is -2.22. The van der Waals surface area contributed by atoms with Gasteiger partial charge in [-0.2, -0.15) is 0 Å². The Morgan fingerprint density at radius 1 is 1.16 bits per heavy atom. The summed E-state index contributed by atoms with van der Waals surface area (Å²) in [5, 5.41) is 7.18. The second-order valence-electron chi connectivity index (χ2n) is 6.36. The van der Waals surface area contributed by atoms with E-state index in [1.165, 1.54) is 23.3 Å². The molecule has 1 atom stereocenters. The number of benzene rings is 2. The Bertz CT molecular complexity index is 682. The van der Waals surface area contributed by atoms with Crippen molar-refractivity contribution in [2.24, 2.45) is 5.92 Å². The smallest absolute Gasteiger partial charge is 0.251 e. The molecule has 3 nitrogen and oxygen atoms in total. The van der Waals surface area contributed by atoms with Crippen molar-refractivity contribution in [1.82, 2.24) is 10.6 Å². The third-order valence-electron chi connectivity index (χ3n) is 4.39. The van der Waals surface area contributed by atoms with E-state index >= 15 is 0 Å². The minimum Gasteiger partial charge on any atom is -0.352 e. The van der Waals surface area contributed by atoms with Gasteiger partial charge in [0.05, 0.1) is 0 Å². The molecule has 1 saturated heterocycles. The van der Waals surface area contributed by atoms with Crippen LogP contribution in [0, 0.1) is 5.92 Å². The molecule has 0 spiro atoms. The summed E-state index contributed by atoms with van der Waals surface area (Å²) >= 11 is 7.66. The standard InChI is InChI=1S/C20H23ClN2OS/c21-18-7-9-19(10-8-18)25-14-15-3-5-17(6-4-15)20(24)23-13-16-2-1-11-22-12-16/h3-10,16,22H,1-2,11-14H2,(H,23,24). The molecule has 0 aliphatic carbocycles. The van der Waals surface area contributed by atoms with Crippen molar-refractivity contribution >= 4 is 29.3 Å². The maximum Gasteiger partial charge on any atom is 0.251 e. The molecule has 0 saturated carbocycles. The molecule has 2 N–H and O–H groups in total. The number of carbonyl (C=O) groups is 1. The molecule has 2 aromatic carbocycles. The number of thioether (sulfide) groups is 1. The van der Waals surface area contributed by atoms with Crippen LogP contribution < -0.4 is 10.6 Å². The van der Waals surface area contributed by atoms with Gasteiger partial charge in [-0.3, -0.25) is 4.79 Å². The third-order valence-corrected chi connectivity index (χ3v) is 5.72. The fourth-order valence-corrected chi connectivity index (χ4v) is 3.87.